The highest BCUT2D eigenvalue weighted by Crippen LogP contribution is 2.52. The van der Waals surface area contributed by atoms with E-state index in [2.05, 4.69) is 242 Å². The molecule has 0 radical (unpaired) electrons. The van der Waals surface area contributed by atoms with E-state index < -0.39 is 0 Å². The molecule has 0 saturated heterocycles. The lowest BCUT2D eigenvalue weighted by atomic mass is 9.76. The third-order valence-electron chi connectivity index (χ3n) is 13.8. The van der Waals surface area contributed by atoms with Gasteiger partial charge < -0.3 is 14.0 Å². The van der Waals surface area contributed by atoms with Crippen LogP contribution in [0.4, 0.5) is 17.1 Å². The summed E-state index contributed by atoms with van der Waals surface area (Å²) in [5, 5.41) is 2.57. The van der Waals surface area contributed by atoms with Crippen LogP contribution in [0.15, 0.2) is 200 Å². The van der Waals surface area contributed by atoms with Gasteiger partial charge in [-0.3, -0.25) is 0 Å². The summed E-state index contributed by atoms with van der Waals surface area (Å²) in [7, 11) is 0. The van der Waals surface area contributed by atoms with Crippen molar-refractivity contribution < 1.29 is 0 Å². The minimum absolute atomic E-state index is 0.0974. The molecule has 0 bridgehead atoms. The Morgan fingerprint density at radius 3 is 1.70 bits per heavy atom. The Kier molecular flexibility index (Phi) is 7.62. The maximum atomic E-state index is 2.50. The van der Waals surface area contributed by atoms with Gasteiger partial charge in [-0.25, -0.2) is 0 Å². The first-order chi connectivity index (χ1) is 29.8. The zero-order chi connectivity index (χ0) is 41.0. The van der Waals surface area contributed by atoms with Crippen LogP contribution in [0.5, 0.6) is 0 Å². The van der Waals surface area contributed by atoms with Gasteiger partial charge >= 0.3 is 0 Å². The van der Waals surface area contributed by atoms with Crippen LogP contribution in [0.1, 0.15) is 49.9 Å². The van der Waals surface area contributed by atoms with Crippen LogP contribution in [0.2, 0.25) is 0 Å². The van der Waals surface area contributed by atoms with Gasteiger partial charge in [0.25, 0.3) is 0 Å². The summed E-state index contributed by atoms with van der Waals surface area (Å²) in [6, 6.07) is 69.2. The Balaban J connectivity index is 0.960. The average Bonchev–Trinajstić information content (AvgIpc) is 3.97. The molecule has 1 aliphatic heterocycles. The third-order valence-corrected chi connectivity index (χ3v) is 13.8. The summed E-state index contributed by atoms with van der Waals surface area (Å²) >= 11 is 0. The Bertz CT molecular complexity index is 3330. The normalized spacial score (nSPS) is 14.2. The number of para-hydroxylation sites is 2. The summed E-state index contributed by atoms with van der Waals surface area (Å²) in [5.74, 6) is 0. The molecule has 3 nitrogen and oxygen atoms in total. The Morgan fingerprint density at radius 2 is 0.967 bits per heavy atom. The van der Waals surface area contributed by atoms with E-state index in [1.807, 2.05) is 0 Å². The number of aromatic nitrogens is 2. The van der Waals surface area contributed by atoms with Crippen LogP contribution in [0.25, 0.3) is 66.6 Å². The number of hydrogen-bond acceptors (Lipinski definition) is 1. The second-order valence-electron chi connectivity index (χ2n) is 17.9. The number of rotatable bonds is 6. The largest absolute Gasteiger partial charge is 0.321 e. The fourth-order valence-corrected chi connectivity index (χ4v) is 10.5. The van der Waals surface area contributed by atoms with Crippen molar-refractivity contribution in [1.29, 1.82) is 0 Å². The van der Waals surface area contributed by atoms with Gasteiger partial charge in [0, 0.05) is 62.3 Å². The van der Waals surface area contributed by atoms with Crippen molar-refractivity contribution in [2.24, 2.45) is 0 Å². The number of anilines is 3. The van der Waals surface area contributed by atoms with E-state index in [9.17, 15) is 0 Å². The molecule has 8 aromatic carbocycles. The van der Waals surface area contributed by atoms with E-state index in [0.717, 1.165) is 17.1 Å². The van der Waals surface area contributed by atoms with E-state index in [1.165, 1.54) is 88.8 Å². The molecule has 3 heteroatoms. The van der Waals surface area contributed by atoms with Gasteiger partial charge in [0.1, 0.15) is 0 Å². The molecule has 3 heterocycles. The fraction of sp³-hybridized carbons (Fsp3) is 0.103. The number of hydrogen-bond donors (Lipinski definition) is 0. The molecule has 0 N–H and O–H groups in total. The molecule has 0 unspecified atom stereocenters. The SMILES string of the molecule is CC1(C)c2ccccc2-c2ccc(N(c3ccc(-c4ccccc4)cc3)c3ccc(-c4ccc5c(c4)c4cccc6c4n5-c4cn(-c5ccccc5)cc4C6(C)C)cc3)cc21. The van der Waals surface area contributed by atoms with Gasteiger partial charge in [-0.2, -0.15) is 0 Å². The van der Waals surface area contributed by atoms with Gasteiger partial charge in [-0.15, -0.1) is 0 Å². The molecule has 12 rings (SSSR count). The smallest absolute Gasteiger partial charge is 0.0683 e. The van der Waals surface area contributed by atoms with Crippen LogP contribution in [-0.4, -0.2) is 9.13 Å². The maximum Gasteiger partial charge on any atom is 0.0683 e. The first-order valence-corrected chi connectivity index (χ1v) is 21.4. The van der Waals surface area contributed by atoms with Gasteiger partial charge in [0.05, 0.1) is 16.7 Å². The molecule has 0 spiro atoms. The highest BCUT2D eigenvalue weighted by molar-refractivity contribution is 6.12. The predicted octanol–water partition coefficient (Wildman–Crippen LogP) is 15.3. The lowest BCUT2D eigenvalue weighted by Gasteiger charge is -2.32. The van der Waals surface area contributed by atoms with E-state index in [4.69, 9.17) is 0 Å². The molecule has 2 aromatic heterocycles. The van der Waals surface area contributed by atoms with Crippen LogP contribution in [0, 0.1) is 0 Å². The average molecular weight is 784 g/mol. The zero-order valence-corrected chi connectivity index (χ0v) is 34.9. The first kappa shape index (κ1) is 35.6. The second-order valence-corrected chi connectivity index (χ2v) is 17.9. The molecule has 2 aliphatic rings. The second kappa shape index (κ2) is 13.1. The van der Waals surface area contributed by atoms with Crippen molar-refractivity contribution in [2.45, 2.75) is 38.5 Å². The lowest BCUT2D eigenvalue weighted by molar-refractivity contribution is 0.631. The van der Waals surface area contributed by atoms with E-state index in [-0.39, 0.29) is 10.8 Å². The number of benzene rings is 8. The van der Waals surface area contributed by atoms with Crippen molar-refractivity contribution >= 4 is 38.9 Å². The molecule has 0 atom stereocenters. The molecule has 0 fully saturated rings. The topological polar surface area (TPSA) is 13.1 Å². The van der Waals surface area contributed by atoms with Gasteiger partial charge in [-0.05, 0) is 111 Å². The van der Waals surface area contributed by atoms with Gasteiger partial charge in [0.15, 0.2) is 0 Å². The first-order valence-electron chi connectivity index (χ1n) is 21.4. The summed E-state index contributed by atoms with van der Waals surface area (Å²) < 4.78 is 4.79. The molecule has 1 aliphatic carbocycles. The summed E-state index contributed by atoms with van der Waals surface area (Å²) in [5.41, 5.74) is 21.0. The fourth-order valence-electron chi connectivity index (χ4n) is 10.5. The lowest BCUT2D eigenvalue weighted by Crippen LogP contribution is -2.24. The Labute approximate surface area is 357 Å². The van der Waals surface area contributed by atoms with Crippen LogP contribution in [0.3, 0.4) is 0 Å². The highest BCUT2D eigenvalue weighted by Gasteiger charge is 2.37. The van der Waals surface area contributed by atoms with Crippen LogP contribution < -0.4 is 4.90 Å². The Hall–Kier alpha value is -7.36. The van der Waals surface area contributed by atoms with Crippen molar-refractivity contribution in [2.75, 3.05) is 4.90 Å². The van der Waals surface area contributed by atoms with Gasteiger partial charge in [0.2, 0.25) is 0 Å². The van der Waals surface area contributed by atoms with Crippen molar-refractivity contribution in [3.63, 3.8) is 0 Å². The van der Waals surface area contributed by atoms with Crippen LogP contribution in [-0.2, 0) is 10.8 Å². The van der Waals surface area contributed by atoms with E-state index in [0.29, 0.717) is 0 Å². The molecule has 61 heavy (non-hydrogen) atoms. The summed E-state index contributed by atoms with van der Waals surface area (Å²) in [6.07, 6.45) is 4.65. The molecule has 10 aromatic rings. The van der Waals surface area contributed by atoms with E-state index in [1.54, 1.807) is 0 Å². The van der Waals surface area contributed by atoms with Crippen molar-refractivity contribution in [3.8, 4) is 44.8 Å². The maximum absolute atomic E-state index is 2.50. The molecule has 0 saturated carbocycles. The van der Waals surface area contributed by atoms with Gasteiger partial charge in [-0.1, -0.05) is 155 Å². The molecular weight excluding hydrogens is 739 g/mol. The minimum Gasteiger partial charge on any atom is -0.321 e. The number of nitrogens with zero attached hydrogens (tertiary/aromatic N) is 3. The standard InChI is InChI=1S/C58H45N3/c1-57(2)50-20-12-11-18-46(50)47-32-31-45(35-52(47)57)60(43-27-22-39(23-28-43)38-14-7-5-8-15-38)44-29-24-40(25-30-44)41-26-33-54-49(34-41)48-19-13-21-51-56(48)61(54)55-37-59(36-53(55)58(51,3)4)42-16-9-6-10-17-42/h5-37H,1-4H3. The minimum atomic E-state index is -0.149. The quantitative estimate of drug-likeness (QED) is 0.164. The summed E-state index contributed by atoms with van der Waals surface area (Å²) in [4.78, 5) is 2.41. The van der Waals surface area contributed by atoms with Crippen molar-refractivity contribution in [3.05, 3.63) is 223 Å². The van der Waals surface area contributed by atoms with E-state index >= 15 is 0 Å². The van der Waals surface area contributed by atoms with Crippen molar-refractivity contribution in [1.82, 2.24) is 9.13 Å². The molecule has 0 amide bonds. The molecule has 292 valence electrons. The molecular formula is C58H45N3. The zero-order valence-electron chi connectivity index (χ0n) is 34.9. The third kappa shape index (κ3) is 5.30. The predicted molar refractivity (Wildman–Crippen MR) is 255 cm³/mol. The monoisotopic (exact) mass is 783 g/mol. The Morgan fingerprint density at radius 1 is 0.393 bits per heavy atom. The van der Waals surface area contributed by atoms with Crippen LogP contribution >= 0.6 is 0 Å². The summed E-state index contributed by atoms with van der Waals surface area (Å²) in [6.45, 7) is 9.45. The highest BCUT2D eigenvalue weighted by atomic mass is 15.1. The number of fused-ring (bicyclic) bond motifs is 8.